The van der Waals surface area contributed by atoms with Gasteiger partial charge in [-0.2, -0.15) is 5.10 Å². The summed E-state index contributed by atoms with van der Waals surface area (Å²) in [6, 6.07) is 15.2. The van der Waals surface area contributed by atoms with Crippen LogP contribution in [0.3, 0.4) is 0 Å². The molecule has 1 aliphatic rings. The van der Waals surface area contributed by atoms with E-state index in [4.69, 9.17) is 4.74 Å². The van der Waals surface area contributed by atoms with Gasteiger partial charge in [0.05, 0.1) is 19.3 Å². The van der Waals surface area contributed by atoms with Gasteiger partial charge in [-0.3, -0.25) is 9.67 Å². The number of benzene rings is 2. The number of morpholine rings is 1. The van der Waals surface area contributed by atoms with E-state index in [0.29, 0.717) is 6.61 Å². The van der Waals surface area contributed by atoms with Crippen molar-refractivity contribution >= 4 is 16.7 Å². The molecule has 2 aromatic carbocycles. The maximum absolute atomic E-state index is 5.94. The van der Waals surface area contributed by atoms with Crippen LogP contribution in [0.2, 0.25) is 0 Å². The van der Waals surface area contributed by atoms with Gasteiger partial charge in [0.1, 0.15) is 6.10 Å². The van der Waals surface area contributed by atoms with E-state index < -0.39 is 0 Å². The number of rotatable bonds is 4. The second kappa shape index (κ2) is 8.44. The summed E-state index contributed by atoms with van der Waals surface area (Å²) in [6.07, 6.45) is 4.88. The Morgan fingerprint density at radius 2 is 2.11 bits per heavy atom. The molecule has 0 radical (unpaired) electrons. The fourth-order valence-corrected chi connectivity index (χ4v) is 3.69. The first-order chi connectivity index (χ1) is 13.7. The molecule has 1 aliphatic heterocycles. The number of nitrogens with zero attached hydrogens (tertiary/aromatic N) is 4. The van der Waals surface area contributed by atoms with E-state index in [1.807, 2.05) is 31.2 Å². The van der Waals surface area contributed by atoms with Crippen LogP contribution in [0.4, 0.5) is 0 Å². The summed E-state index contributed by atoms with van der Waals surface area (Å²) in [6.45, 7) is 3.15. The van der Waals surface area contributed by atoms with E-state index in [-0.39, 0.29) is 6.10 Å². The van der Waals surface area contributed by atoms with Crippen LogP contribution >= 0.6 is 0 Å². The smallest absolute Gasteiger partial charge is 0.193 e. The molecule has 0 spiro atoms. The number of aromatic nitrogens is 2. The predicted molar refractivity (Wildman–Crippen MR) is 112 cm³/mol. The summed E-state index contributed by atoms with van der Waals surface area (Å²) in [5, 5.41) is 10.3. The molecule has 6 nitrogen and oxygen atoms in total. The number of nitrogens with one attached hydrogen (secondary N) is 1. The van der Waals surface area contributed by atoms with Gasteiger partial charge in [0.2, 0.25) is 0 Å². The van der Waals surface area contributed by atoms with Crippen LogP contribution in [0.25, 0.3) is 10.8 Å². The molecule has 1 aromatic heterocycles. The largest absolute Gasteiger partial charge is 0.370 e. The number of ether oxygens (including phenoxy) is 1. The highest BCUT2D eigenvalue weighted by Gasteiger charge is 2.25. The number of guanidine groups is 1. The lowest BCUT2D eigenvalue weighted by Gasteiger charge is -2.34. The van der Waals surface area contributed by atoms with Crippen molar-refractivity contribution in [3.8, 4) is 0 Å². The highest BCUT2D eigenvalue weighted by molar-refractivity contribution is 5.83. The lowest BCUT2D eigenvalue weighted by Crippen LogP contribution is -2.48. The number of fused-ring (bicyclic) bond motifs is 1. The standard InChI is InChI=1S/C22H27N5O/c1-23-22(27-11-12-28-21(16-27)20-14-25-26(2)15-20)24-10-9-17-7-8-18-5-3-4-6-19(18)13-17/h3-8,13-15,21H,9-12,16H2,1-2H3,(H,23,24). The van der Waals surface area contributed by atoms with Crippen LogP contribution in [-0.2, 0) is 18.2 Å². The molecule has 2 heterocycles. The van der Waals surface area contributed by atoms with Gasteiger partial charge in [0.25, 0.3) is 0 Å². The Morgan fingerprint density at radius 3 is 2.89 bits per heavy atom. The zero-order valence-electron chi connectivity index (χ0n) is 16.5. The zero-order valence-corrected chi connectivity index (χ0v) is 16.5. The molecular formula is C22H27N5O. The first-order valence-electron chi connectivity index (χ1n) is 9.76. The lowest BCUT2D eigenvalue weighted by atomic mass is 10.1. The topological polar surface area (TPSA) is 54.7 Å². The van der Waals surface area contributed by atoms with Crippen LogP contribution in [0, 0.1) is 0 Å². The SMILES string of the molecule is CN=C(NCCc1ccc2ccccc2c1)N1CCOC(c2cnn(C)c2)C1. The molecule has 1 atom stereocenters. The molecule has 28 heavy (non-hydrogen) atoms. The molecule has 0 amide bonds. The van der Waals surface area contributed by atoms with E-state index in [9.17, 15) is 0 Å². The summed E-state index contributed by atoms with van der Waals surface area (Å²) >= 11 is 0. The van der Waals surface area contributed by atoms with Gasteiger partial charge in [-0.1, -0.05) is 42.5 Å². The maximum Gasteiger partial charge on any atom is 0.193 e. The second-order valence-electron chi connectivity index (χ2n) is 7.16. The van der Waals surface area contributed by atoms with Crippen molar-refractivity contribution in [2.24, 2.45) is 12.0 Å². The molecule has 4 rings (SSSR count). The highest BCUT2D eigenvalue weighted by Crippen LogP contribution is 2.21. The molecule has 1 unspecified atom stereocenters. The monoisotopic (exact) mass is 377 g/mol. The van der Waals surface area contributed by atoms with E-state index in [1.54, 1.807) is 0 Å². The molecule has 6 heteroatoms. The first kappa shape index (κ1) is 18.5. The molecule has 146 valence electrons. The van der Waals surface area contributed by atoms with Crippen molar-refractivity contribution < 1.29 is 4.74 Å². The summed E-state index contributed by atoms with van der Waals surface area (Å²) in [5.74, 6) is 0.929. The van der Waals surface area contributed by atoms with Crippen LogP contribution in [0.5, 0.6) is 0 Å². The Balaban J connectivity index is 1.34. The molecule has 1 saturated heterocycles. The summed E-state index contributed by atoms with van der Waals surface area (Å²) in [5.41, 5.74) is 2.44. The minimum Gasteiger partial charge on any atom is -0.370 e. The number of hydrogen-bond acceptors (Lipinski definition) is 3. The van der Waals surface area contributed by atoms with Gasteiger partial charge in [0, 0.05) is 38.9 Å². The van der Waals surface area contributed by atoms with Crippen molar-refractivity contribution in [2.45, 2.75) is 12.5 Å². The average molecular weight is 377 g/mol. The van der Waals surface area contributed by atoms with Crippen LogP contribution in [0.15, 0.2) is 59.9 Å². The molecular weight excluding hydrogens is 350 g/mol. The van der Waals surface area contributed by atoms with Gasteiger partial charge >= 0.3 is 0 Å². The van der Waals surface area contributed by atoms with E-state index in [0.717, 1.165) is 37.6 Å². The first-order valence-corrected chi connectivity index (χ1v) is 9.76. The Hall–Kier alpha value is -2.86. The second-order valence-corrected chi connectivity index (χ2v) is 7.16. The van der Waals surface area contributed by atoms with Gasteiger partial charge < -0.3 is 15.0 Å². The average Bonchev–Trinajstić information content (AvgIpc) is 3.17. The number of aryl methyl sites for hydroxylation is 1. The normalized spacial score (nSPS) is 17.9. The van der Waals surface area contributed by atoms with E-state index in [1.165, 1.54) is 16.3 Å². The number of hydrogen-bond donors (Lipinski definition) is 1. The maximum atomic E-state index is 5.94. The number of aliphatic imine (C=N–C) groups is 1. The Bertz CT molecular complexity index is 964. The third-order valence-electron chi connectivity index (χ3n) is 5.19. The lowest BCUT2D eigenvalue weighted by molar-refractivity contribution is -0.00800. The van der Waals surface area contributed by atoms with Crippen molar-refractivity contribution in [3.05, 3.63) is 66.0 Å². The van der Waals surface area contributed by atoms with Crippen molar-refractivity contribution in [1.29, 1.82) is 0 Å². The fourth-order valence-electron chi connectivity index (χ4n) is 3.69. The van der Waals surface area contributed by atoms with Crippen LogP contribution in [-0.4, -0.2) is 53.9 Å². The third-order valence-corrected chi connectivity index (χ3v) is 5.19. The summed E-state index contributed by atoms with van der Waals surface area (Å²) < 4.78 is 7.75. The molecule has 1 fully saturated rings. The van der Waals surface area contributed by atoms with Gasteiger partial charge in [-0.25, -0.2) is 0 Å². The molecule has 0 aliphatic carbocycles. The molecule has 1 N–H and O–H groups in total. The zero-order chi connectivity index (χ0) is 19.3. The van der Waals surface area contributed by atoms with Crippen LogP contribution < -0.4 is 5.32 Å². The minimum absolute atomic E-state index is 0.0292. The quantitative estimate of drug-likeness (QED) is 0.561. The third kappa shape index (κ3) is 4.17. The Morgan fingerprint density at radius 1 is 1.25 bits per heavy atom. The highest BCUT2D eigenvalue weighted by atomic mass is 16.5. The fraction of sp³-hybridized carbons (Fsp3) is 0.364. The van der Waals surface area contributed by atoms with Crippen LogP contribution in [0.1, 0.15) is 17.2 Å². The van der Waals surface area contributed by atoms with Crippen molar-refractivity contribution in [2.75, 3.05) is 33.3 Å². The molecule has 0 bridgehead atoms. The minimum atomic E-state index is 0.0292. The van der Waals surface area contributed by atoms with Gasteiger partial charge in [-0.05, 0) is 22.8 Å². The molecule has 0 saturated carbocycles. The van der Waals surface area contributed by atoms with Gasteiger partial charge in [-0.15, -0.1) is 0 Å². The van der Waals surface area contributed by atoms with Crippen molar-refractivity contribution in [3.63, 3.8) is 0 Å². The summed E-state index contributed by atoms with van der Waals surface area (Å²) in [7, 11) is 3.77. The van der Waals surface area contributed by atoms with E-state index in [2.05, 4.69) is 62.8 Å². The Labute approximate surface area is 165 Å². The summed E-state index contributed by atoms with van der Waals surface area (Å²) in [4.78, 5) is 6.75. The van der Waals surface area contributed by atoms with Crippen molar-refractivity contribution in [1.82, 2.24) is 20.0 Å². The van der Waals surface area contributed by atoms with E-state index >= 15 is 0 Å². The van der Waals surface area contributed by atoms with Gasteiger partial charge in [0.15, 0.2) is 5.96 Å². The Kier molecular flexibility index (Phi) is 5.58. The predicted octanol–water partition coefficient (Wildman–Crippen LogP) is 2.76. The molecule has 3 aromatic rings.